The molecule has 7 heteroatoms. The van der Waals surface area contributed by atoms with E-state index in [1.807, 2.05) is 49.3 Å². The Hall–Kier alpha value is -2.70. The lowest BCUT2D eigenvalue weighted by Gasteiger charge is -2.33. The molecular formula is C18H25N5O2. The molecule has 1 fully saturated rings. The van der Waals surface area contributed by atoms with Crippen molar-refractivity contribution in [1.82, 2.24) is 9.97 Å². The molecule has 0 bridgehead atoms. The van der Waals surface area contributed by atoms with Crippen LogP contribution in [0.3, 0.4) is 0 Å². The molecule has 7 nitrogen and oxygen atoms in total. The zero-order valence-corrected chi connectivity index (χ0v) is 15.0. The van der Waals surface area contributed by atoms with E-state index >= 15 is 0 Å². The van der Waals surface area contributed by atoms with Crippen LogP contribution in [-0.2, 0) is 0 Å². The molecule has 2 aromatic rings. The van der Waals surface area contributed by atoms with E-state index < -0.39 is 0 Å². The Kier molecular flexibility index (Phi) is 5.11. The second-order valence-corrected chi connectivity index (χ2v) is 6.32. The number of nitrogens with zero attached hydrogens (tertiary/aromatic N) is 4. The van der Waals surface area contributed by atoms with Crippen LogP contribution in [0.1, 0.15) is 12.8 Å². The van der Waals surface area contributed by atoms with Gasteiger partial charge in [-0.1, -0.05) is 0 Å². The number of ether oxygens (including phenoxy) is 2. The van der Waals surface area contributed by atoms with Crippen LogP contribution < -0.4 is 25.0 Å². The van der Waals surface area contributed by atoms with E-state index in [9.17, 15) is 0 Å². The lowest BCUT2D eigenvalue weighted by Crippen LogP contribution is -2.39. The molecule has 1 aromatic heterocycles. The Morgan fingerprint density at radius 1 is 1.08 bits per heavy atom. The van der Waals surface area contributed by atoms with Crippen molar-refractivity contribution in [3.8, 4) is 11.5 Å². The molecule has 0 saturated carbocycles. The van der Waals surface area contributed by atoms with Crippen LogP contribution >= 0.6 is 0 Å². The number of nitrogens with two attached hydrogens (primary N) is 1. The second-order valence-electron chi connectivity index (χ2n) is 6.32. The third-order valence-electron chi connectivity index (χ3n) is 4.30. The van der Waals surface area contributed by atoms with Crippen LogP contribution in [0.15, 0.2) is 30.3 Å². The van der Waals surface area contributed by atoms with E-state index in [2.05, 4.69) is 14.9 Å². The number of hydrogen-bond acceptors (Lipinski definition) is 7. The molecule has 2 heterocycles. The molecule has 0 aliphatic carbocycles. The van der Waals surface area contributed by atoms with Crippen molar-refractivity contribution in [1.29, 1.82) is 0 Å². The summed E-state index contributed by atoms with van der Waals surface area (Å²) in [7, 11) is 5.55. The Labute approximate surface area is 148 Å². The Bertz CT molecular complexity index is 697. The monoisotopic (exact) mass is 343 g/mol. The quantitative estimate of drug-likeness (QED) is 0.891. The summed E-state index contributed by atoms with van der Waals surface area (Å²) in [6.07, 6.45) is 2.08. The van der Waals surface area contributed by atoms with Gasteiger partial charge in [0.25, 0.3) is 0 Å². The smallest absolute Gasteiger partial charge is 0.223 e. The fourth-order valence-corrected chi connectivity index (χ4v) is 2.88. The van der Waals surface area contributed by atoms with E-state index in [1.165, 1.54) is 0 Å². The number of benzene rings is 1. The first-order valence-corrected chi connectivity index (χ1v) is 8.42. The van der Waals surface area contributed by atoms with Gasteiger partial charge in [0.15, 0.2) is 0 Å². The minimum Gasteiger partial charge on any atom is -0.497 e. The van der Waals surface area contributed by atoms with E-state index in [0.717, 1.165) is 49.1 Å². The van der Waals surface area contributed by atoms with Crippen molar-refractivity contribution >= 4 is 17.6 Å². The molecule has 25 heavy (non-hydrogen) atoms. The van der Waals surface area contributed by atoms with E-state index in [4.69, 9.17) is 15.2 Å². The lowest BCUT2D eigenvalue weighted by atomic mass is 10.1. The summed E-state index contributed by atoms with van der Waals surface area (Å²) in [5.41, 5.74) is 5.85. The lowest BCUT2D eigenvalue weighted by molar-refractivity contribution is 0.170. The molecule has 0 amide bonds. The molecule has 3 rings (SSSR count). The summed E-state index contributed by atoms with van der Waals surface area (Å²) in [6, 6.07) is 9.69. The standard InChI is InChI=1S/C18H25N5O2/c1-22(2)16-12-17(21-18(19)20-16)23-10-8-15(9-11-23)25-14-6-4-13(24-3)5-7-14/h4-7,12,15H,8-11H2,1-3H3,(H2,19,20,21). The maximum absolute atomic E-state index is 6.08. The van der Waals surface area contributed by atoms with Gasteiger partial charge in [0.1, 0.15) is 29.2 Å². The highest BCUT2D eigenvalue weighted by molar-refractivity contribution is 5.53. The fraction of sp³-hybridized carbons (Fsp3) is 0.444. The molecule has 2 N–H and O–H groups in total. The molecular weight excluding hydrogens is 318 g/mol. The zero-order valence-electron chi connectivity index (χ0n) is 15.0. The molecule has 1 aromatic carbocycles. The van der Waals surface area contributed by atoms with Gasteiger partial charge in [-0.25, -0.2) is 0 Å². The van der Waals surface area contributed by atoms with E-state index in [0.29, 0.717) is 5.95 Å². The second kappa shape index (κ2) is 7.46. The topological polar surface area (TPSA) is 76.7 Å². The first-order valence-electron chi connectivity index (χ1n) is 8.42. The van der Waals surface area contributed by atoms with Crippen LogP contribution in [0.4, 0.5) is 17.6 Å². The first-order chi connectivity index (χ1) is 12.0. The van der Waals surface area contributed by atoms with Gasteiger partial charge in [-0.05, 0) is 24.3 Å². The number of hydrogen-bond donors (Lipinski definition) is 1. The minimum atomic E-state index is 0.206. The number of piperidine rings is 1. The van der Waals surface area contributed by atoms with Gasteiger partial charge in [0.05, 0.1) is 7.11 Å². The number of anilines is 3. The molecule has 1 aliphatic heterocycles. The van der Waals surface area contributed by atoms with Gasteiger partial charge in [-0.15, -0.1) is 0 Å². The van der Waals surface area contributed by atoms with Crippen molar-refractivity contribution < 1.29 is 9.47 Å². The van der Waals surface area contributed by atoms with E-state index in [1.54, 1.807) is 7.11 Å². The van der Waals surface area contributed by atoms with Crippen LogP contribution in [0.5, 0.6) is 11.5 Å². The van der Waals surface area contributed by atoms with Gasteiger partial charge in [0, 0.05) is 46.1 Å². The molecule has 134 valence electrons. The van der Waals surface area contributed by atoms with Crippen LogP contribution in [0.25, 0.3) is 0 Å². The highest BCUT2D eigenvalue weighted by atomic mass is 16.5. The minimum absolute atomic E-state index is 0.206. The zero-order chi connectivity index (χ0) is 17.8. The molecule has 0 spiro atoms. The van der Waals surface area contributed by atoms with Crippen molar-refractivity contribution in [2.75, 3.05) is 49.8 Å². The summed E-state index contributed by atoms with van der Waals surface area (Å²) in [5.74, 6) is 3.71. The Balaban J connectivity index is 1.59. The summed E-state index contributed by atoms with van der Waals surface area (Å²) in [5, 5.41) is 0. The summed E-state index contributed by atoms with van der Waals surface area (Å²) < 4.78 is 11.2. The SMILES string of the molecule is COc1ccc(OC2CCN(c3cc(N(C)C)nc(N)n3)CC2)cc1. The van der Waals surface area contributed by atoms with Crippen molar-refractivity contribution in [2.45, 2.75) is 18.9 Å². The average molecular weight is 343 g/mol. The average Bonchev–Trinajstić information content (AvgIpc) is 2.62. The normalized spacial score (nSPS) is 15.1. The Morgan fingerprint density at radius 2 is 1.72 bits per heavy atom. The van der Waals surface area contributed by atoms with Crippen molar-refractivity contribution in [2.24, 2.45) is 0 Å². The molecule has 1 saturated heterocycles. The fourth-order valence-electron chi connectivity index (χ4n) is 2.88. The third kappa shape index (κ3) is 4.23. The molecule has 0 atom stereocenters. The molecule has 0 radical (unpaired) electrons. The number of methoxy groups -OCH3 is 1. The van der Waals surface area contributed by atoms with E-state index in [-0.39, 0.29) is 6.10 Å². The largest absolute Gasteiger partial charge is 0.497 e. The summed E-state index contributed by atoms with van der Waals surface area (Å²) in [6.45, 7) is 1.76. The number of nitrogen functional groups attached to an aromatic ring is 1. The van der Waals surface area contributed by atoms with Crippen LogP contribution in [0, 0.1) is 0 Å². The van der Waals surface area contributed by atoms with Gasteiger partial charge < -0.3 is 25.0 Å². The van der Waals surface area contributed by atoms with Gasteiger partial charge in [0.2, 0.25) is 5.95 Å². The first kappa shape index (κ1) is 17.1. The van der Waals surface area contributed by atoms with Crippen molar-refractivity contribution in [3.63, 3.8) is 0 Å². The highest BCUT2D eigenvalue weighted by Gasteiger charge is 2.22. The summed E-state index contributed by atoms with van der Waals surface area (Å²) in [4.78, 5) is 12.8. The summed E-state index contributed by atoms with van der Waals surface area (Å²) >= 11 is 0. The third-order valence-corrected chi connectivity index (χ3v) is 4.30. The van der Waals surface area contributed by atoms with Gasteiger partial charge >= 0.3 is 0 Å². The molecule has 1 aliphatic rings. The van der Waals surface area contributed by atoms with Crippen molar-refractivity contribution in [3.05, 3.63) is 30.3 Å². The molecule has 0 unspecified atom stereocenters. The number of aromatic nitrogens is 2. The van der Waals surface area contributed by atoms with Crippen LogP contribution in [-0.4, -0.2) is 50.4 Å². The number of rotatable bonds is 5. The maximum atomic E-state index is 6.08. The predicted molar refractivity (Wildman–Crippen MR) is 99.6 cm³/mol. The highest BCUT2D eigenvalue weighted by Crippen LogP contribution is 2.25. The van der Waals surface area contributed by atoms with Crippen LogP contribution in [0.2, 0.25) is 0 Å². The van der Waals surface area contributed by atoms with Gasteiger partial charge in [-0.2, -0.15) is 9.97 Å². The van der Waals surface area contributed by atoms with Gasteiger partial charge in [-0.3, -0.25) is 0 Å². The predicted octanol–water partition coefficient (Wildman–Crippen LogP) is 2.18. The Morgan fingerprint density at radius 3 is 2.32 bits per heavy atom. The maximum Gasteiger partial charge on any atom is 0.223 e.